The Morgan fingerprint density at radius 2 is 1.93 bits per heavy atom. The molecule has 1 aromatic carbocycles. The van der Waals surface area contributed by atoms with Crippen LogP contribution in [0, 0.1) is 13.8 Å². The van der Waals surface area contributed by atoms with Crippen molar-refractivity contribution in [1.82, 2.24) is 20.0 Å². The normalized spacial score (nSPS) is 27.4. The molecule has 3 atom stereocenters. The number of unbranched alkanes of at least 4 members (excludes halogenated alkanes) is 2. The number of fused-ring (bicyclic) bond motifs is 3. The molecule has 3 aliphatic heterocycles. The summed E-state index contributed by atoms with van der Waals surface area (Å²) in [5.41, 5.74) is 3.73. The van der Waals surface area contributed by atoms with Crippen molar-refractivity contribution < 1.29 is 9.59 Å². The van der Waals surface area contributed by atoms with Gasteiger partial charge in [-0.1, -0.05) is 31.9 Å². The third-order valence-corrected chi connectivity index (χ3v) is 6.74. The Labute approximate surface area is 173 Å². The van der Waals surface area contributed by atoms with Gasteiger partial charge >= 0.3 is 6.03 Å². The van der Waals surface area contributed by atoms with E-state index in [-0.39, 0.29) is 30.4 Å². The number of hydrogen-bond donors (Lipinski definition) is 1. The summed E-state index contributed by atoms with van der Waals surface area (Å²) in [5, 5.41) is 3.60. The first kappa shape index (κ1) is 20.2. The molecular weight excluding hydrogens is 366 g/mol. The molecule has 158 valence electrons. The van der Waals surface area contributed by atoms with Crippen LogP contribution in [-0.4, -0.2) is 71.8 Å². The monoisotopic (exact) mass is 399 g/mol. The Bertz CT molecular complexity index is 797. The number of nitrogens with zero attached hydrogens (tertiary/aromatic N) is 4. The molecule has 0 spiro atoms. The molecule has 3 fully saturated rings. The molecule has 0 aliphatic carbocycles. The lowest BCUT2D eigenvalue weighted by Crippen LogP contribution is -2.66. The molecule has 3 aliphatic rings. The van der Waals surface area contributed by atoms with Crippen molar-refractivity contribution >= 4 is 17.6 Å². The summed E-state index contributed by atoms with van der Waals surface area (Å²) in [6, 6.07) is 5.88. The maximum Gasteiger partial charge on any atom is 0.327 e. The number of urea groups is 1. The maximum atomic E-state index is 13.4. The highest BCUT2D eigenvalue weighted by molar-refractivity contribution is 6.00. The number of amides is 3. The zero-order chi connectivity index (χ0) is 20.7. The van der Waals surface area contributed by atoms with Gasteiger partial charge in [-0.2, -0.15) is 0 Å². The number of nitrogens with one attached hydrogen (secondary N) is 1. The van der Waals surface area contributed by atoms with Crippen LogP contribution >= 0.6 is 0 Å². The lowest BCUT2D eigenvalue weighted by atomic mass is 10.1. The fraction of sp³-hybridized carbons (Fsp3) is 0.636. The van der Waals surface area contributed by atoms with Gasteiger partial charge in [0.1, 0.15) is 18.5 Å². The third-order valence-electron chi connectivity index (χ3n) is 6.74. The molecule has 3 amide bonds. The average Bonchev–Trinajstić information content (AvgIpc) is 3.11. The highest BCUT2D eigenvalue weighted by Gasteiger charge is 2.55. The molecule has 4 rings (SSSR count). The molecule has 29 heavy (non-hydrogen) atoms. The molecule has 7 nitrogen and oxygen atoms in total. The summed E-state index contributed by atoms with van der Waals surface area (Å²) in [6.07, 6.45) is 3.60. The second-order valence-corrected chi connectivity index (χ2v) is 8.52. The highest BCUT2D eigenvalue weighted by atomic mass is 16.2. The molecule has 1 aromatic rings. The van der Waals surface area contributed by atoms with Crippen LogP contribution in [0.1, 0.15) is 43.7 Å². The number of likely N-dealkylation sites (N-methyl/N-ethyl adjacent to an activating group) is 1. The molecule has 0 radical (unpaired) electrons. The van der Waals surface area contributed by atoms with Gasteiger partial charge in [0.05, 0.1) is 0 Å². The predicted molar refractivity (Wildman–Crippen MR) is 113 cm³/mol. The fourth-order valence-corrected chi connectivity index (χ4v) is 4.94. The Morgan fingerprint density at radius 1 is 1.14 bits per heavy atom. The SMILES string of the molecule is CCCCCN1C(=O)C2C(NC3N(c4cccc(C)c4C)CCCN23)N(C)C1=O. The summed E-state index contributed by atoms with van der Waals surface area (Å²) < 4.78 is 0. The first-order valence-corrected chi connectivity index (χ1v) is 10.9. The minimum absolute atomic E-state index is 0.0491. The van der Waals surface area contributed by atoms with Gasteiger partial charge in [0.2, 0.25) is 0 Å². The van der Waals surface area contributed by atoms with Crippen molar-refractivity contribution in [3.8, 4) is 0 Å². The summed E-state index contributed by atoms with van der Waals surface area (Å²) in [6.45, 7) is 8.72. The van der Waals surface area contributed by atoms with Gasteiger partial charge in [-0.25, -0.2) is 4.79 Å². The van der Waals surface area contributed by atoms with Crippen molar-refractivity contribution in [2.45, 2.75) is 65.0 Å². The van der Waals surface area contributed by atoms with Crippen LogP contribution in [-0.2, 0) is 4.79 Å². The van der Waals surface area contributed by atoms with Gasteiger partial charge in [0.15, 0.2) is 0 Å². The minimum Gasteiger partial charge on any atom is -0.343 e. The van der Waals surface area contributed by atoms with Crippen LogP contribution in [0.25, 0.3) is 0 Å². The number of carbonyl (C=O) groups is 2. The van der Waals surface area contributed by atoms with Crippen LogP contribution in [0.5, 0.6) is 0 Å². The molecule has 0 saturated carbocycles. The molecule has 3 unspecified atom stereocenters. The smallest absolute Gasteiger partial charge is 0.327 e. The molecule has 1 N–H and O–H groups in total. The Hall–Kier alpha value is -2.12. The van der Waals surface area contributed by atoms with Gasteiger partial charge in [-0.05, 0) is 43.9 Å². The van der Waals surface area contributed by atoms with Gasteiger partial charge in [-0.3, -0.25) is 19.9 Å². The Morgan fingerprint density at radius 3 is 2.69 bits per heavy atom. The number of carbonyl (C=O) groups excluding carboxylic acids is 2. The number of imide groups is 1. The van der Waals surface area contributed by atoms with Crippen LogP contribution in [0.15, 0.2) is 18.2 Å². The largest absolute Gasteiger partial charge is 0.343 e. The van der Waals surface area contributed by atoms with E-state index in [1.54, 1.807) is 4.90 Å². The van der Waals surface area contributed by atoms with E-state index in [2.05, 4.69) is 54.1 Å². The second-order valence-electron chi connectivity index (χ2n) is 8.52. The maximum absolute atomic E-state index is 13.4. The molecule has 0 aromatic heterocycles. The van der Waals surface area contributed by atoms with Crippen LogP contribution in [0.4, 0.5) is 10.5 Å². The summed E-state index contributed by atoms with van der Waals surface area (Å²) in [4.78, 5) is 34.0. The standard InChI is InChI=1S/C22H33N5O2/c1-5-6-7-12-27-20(28)18-19(24(4)22(27)29)23-21-25(13-9-14-26(18)21)17-11-8-10-15(2)16(17)3/h8,10-11,18-19,21,23H,5-7,9,12-14H2,1-4H3. The van der Waals surface area contributed by atoms with Gasteiger partial charge in [-0.15, -0.1) is 0 Å². The predicted octanol–water partition coefficient (Wildman–Crippen LogP) is 2.48. The zero-order valence-corrected chi connectivity index (χ0v) is 18.0. The molecular formula is C22H33N5O2. The van der Waals surface area contributed by atoms with Crippen molar-refractivity contribution in [3.05, 3.63) is 29.3 Å². The lowest BCUT2D eigenvalue weighted by molar-refractivity contribution is -0.138. The van der Waals surface area contributed by atoms with Crippen molar-refractivity contribution in [2.24, 2.45) is 0 Å². The number of hydrogen-bond acceptors (Lipinski definition) is 5. The van der Waals surface area contributed by atoms with Crippen LogP contribution in [0.3, 0.4) is 0 Å². The zero-order valence-electron chi connectivity index (χ0n) is 18.0. The van der Waals surface area contributed by atoms with E-state index in [1.165, 1.54) is 21.7 Å². The van der Waals surface area contributed by atoms with Crippen LogP contribution < -0.4 is 10.2 Å². The van der Waals surface area contributed by atoms with Gasteiger partial charge in [0.25, 0.3) is 5.91 Å². The Kier molecular flexibility index (Phi) is 5.53. The van der Waals surface area contributed by atoms with Gasteiger partial charge in [0, 0.05) is 32.4 Å². The second kappa shape index (κ2) is 7.95. The first-order valence-electron chi connectivity index (χ1n) is 10.9. The number of aryl methyl sites for hydroxylation is 1. The van der Waals surface area contributed by atoms with Crippen LogP contribution in [0.2, 0.25) is 0 Å². The van der Waals surface area contributed by atoms with E-state index in [9.17, 15) is 9.59 Å². The van der Waals surface area contributed by atoms with E-state index >= 15 is 0 Å². The van der Waals surface area contributed by atoms with Crippen molar-refractivity contribution in [3.63, 3.8) is 0 Å². The van der Waals surface area contributed by atoms with Crippen molar-refractivity contribution in [1.29, 1.82) is 0 Å². The third kappa shape index (κ3) is 3.30. The minimum atomic E-state index is -0.322. The summed E-state index contributed by atoms with van der Waals surface area (Å²) >= 11 is 0. The quantitative estimate of drug-likeness (QED) is 0.771. The first-order chi connectivity index (χ1) is 14.0. The fourth-order valence-electron chi connectivity index (χ4n) is 4.94. The summed E-state index contributed by atoms with van der Waals surface area (Å²) in [7, 11) is 1.81. The molecule has 0 bridgehead atoms. The molecule has 3 saturated heterocycles. The molecule has 7 heteroatoms. The average molecular weight is 400 g/mol. The summed E-state index contributed by atoms with van der Waals surface area (Å²) in [5.74, 6) is -0.0491. The highest BCUT2D eigenvalue weighted by Crippen LogP contribution is 2.34. The van der Waals surface area contributed by atoms with E-state index in [0.717, 1.165) is 38.8 Å². The van der Waals surface area contributed by atoms with E-state index in [0.29, 0.717) is 6.54 Å². The van der Waals surface area contributed by atoms with E-state index in [4.69, 9.17) is 0 Å². The number of benzene rings is 1. The van der Waals surface area contributed by atoms with E-state index < -0.39 is 0 Å². The van der Waals surface area contributed by atoms with Gasteiger partial charge < -0.3 is 9.80 Å². The lowest BCUT2D eigenvalue weighted by Gasteiger charge is -2.44. The topological polar surface area (TPSA) is 59.1 Å². The Balaban J connectivity index is 1.62. The van der Waals surface area contributed by atoms with E-state index in [1.807, 2.05) is 7.05 Å². The number of rotatable bonds is 5. The molecule has 3 heterocycles. The number of anilines is 1. The van der Waals surface area contributed by atoms with Crippen molar-refractivity contribution in [2.75, 3.05) is 31.6 Å².